The van der Waals surface area contributed by atoms with Crippen LogP contribution in [0.15, 0.2) is 18.3 Å². The minimum Gasteiger partial charge on any atom is -0.383 e. The third-order valence-corrected chi connectivity index (χ3v) is 5.10. The second kappa shape index (κ2) is 7.04. The van der Waals surface area contributed by atoms with E-state index in [4.69, 9.17) is 10.5 Å². The predicted molar refractivity (Wildman–Crippen MR) is 95.5 cm³/mol. The molecule has 23 heavy (non-hydrogen) atoms. The van der Waals surface area contributed by atoms with Gasteiger partial charge in [-0.2, -0.15) is 0 Å². The van der Waals surface area contributed by atoms with E-state index in [1.165, 1.54) is 27.6 Å². The highest BCUT2D eigenvalue weighted by Gasteiger charge is 2.21. The van der Waals surface area contributed by atoms with Crippen LogP contribution in [0.4, 0.5) is 0 Å². The molecule has 0 radical (unpaired) electrons. The molecule has 2 N–H and O–H groups in total. The van der Waals surface area contributed by atoms with E-state index in [1.54, 1.807) is 7.11 Å². The lowest BCUT2D eigenvalue weighted by molar-refractivity contribution is 0.147. The number of hydrogen-bond donors (Lipinski definition) is 1. The Morgan fingerprint density at radius 2 is 2.00 bits per heavy atom. The van der Waals surface area contributed by atoms with Crippen LogP contribution in [0.5, 0.6) is 0 Å². The van der Waals surface area contributed by atoms with E-state index < -0.39 is 0 Å². The first kappa shape index (κ1) is 16.5. The molecule has 0 saturated carbocycles. The fourth-order valence-electron chi connectivity index (χ4n) is 3.55. The van der Waals surface area contributed by atoms with Gasteiger partial charge in [0, 0.05) is 56.9 Å². The van der Waals surface area contributed by atoms with Crippen LogP contribution in [-0.2, 0) is 31.3 Å². The van der Waals surface area contributed by atoms with Gasteiger partial charge in [0.25, 0.3) is 0 Å². The molecule has 0 saturated heterocycles. The van der Waals surface area contributed by atoms with Crippen molar-refractivity contribution in [3.05, 3.63) is 35.0 Å². The Kier molecular flexibility index (Phi) is 5.05. The monoisotopic (exact) mass is 315 g/mol. The van der Waals surface area contributed by atoms with Crippen molar-refractivity contribution in [1.82, 2.24) is 9.47 Å². The number of hydrogen-bond acceptors (Lipinski definition) is 3. The minimum absolute atomic E-state index is 0.309. The number of rotatable bonds is 7. The first-order valence-electron chi connectivity index (χ1n) is 8.69. The molecule has 3 rings (SSSR count). The first-order chi connectivity index (χ1) is 11.1. The standard InChI is InChI=1S/C19H29N3O/c1-4-17(20)6-5-14-11-21(2)19-10-16-13-22(7-8-23-3)12-15(16)9-18(14)19/h9-11,17H,4-8,12-13,20H2,1-3H3. The Labute approximate surface area is 139 Å². The fourth-order valence-corrected chi connectivity index (χ4v) is 3.55. The Morgan fingerprint density at radius 3 is 2.70 bits per heavy atom. The Hall–Kier alpha value is -1.36. The molecule has 1 aliphatic heterocycles. The van der Waals surface area contributed by atoms with E-state index in [0.29, 0.717) is 6.04 Å². The second-order valence-electron chi connectivity index (χ2n) is 6.81. The third kappa shape index (κ3) is 3.44. The van der Waals surface area contributed by atoms with Crippen LogP contribution >= 0.6 is 0 Å². The molecule has 0 bridgehead atoms. The summed E-state index contributed by atoms with van der Waals surface area (Å²) >= 11 is 0. The van der Waals surface area contributed by atoms with Gasteiger partial charge in [0.1, 0.15) is 0 Å². The van der Waals surface area contributed by atoms with Gasteiger partial charge in [-0.05, 0) is 48.1 Å². The summed E-state index contributed by atoms with van der Waals surface area (Å²) in [7, 11) is 3.92. The lowest BCUT2D eigenvalue weighted by atomic mass is 10.0. The van der Waals surface area contributed by atoms with Gasteiger partial charge < -0.3 is 15.0 Å². The molecule has 4 heteroatoms. The van der Waals surface area contributed by atoms with Crippen LogP contribution in [-0.4, -0.2) is 35.8 Å². The number of fused-ring (bicyclic) bond motifs is 2. The van der Waals surface area contributed by atoms with Crippen LogP contribution in [0.3, 0.4) is 0 Å². The summed E-state index contributed by atoms with van der Waals surface area (Å²) in [6.07, 6.45) is 5.46. The lowest BCUT2D eigenvalue weighted by Gasteiger charge is -2.13. The zero-order chi connectivity index (χ0) is 16.4. The number of aromatic nitrogens is 1. The van der Waals surface area contributed by atoms with Crippen molar-refractivity contribution >= 4 is 10.9 Å². The number of nitrogens with two attached hydrogens (primary N) is 1. The number of aryl methyl sites for hydroxylation is 2. The molecule has 0 spiro atoms. The van der Waals surface area contributed by atoms with E-state index in [1.807, 2.05) is 0 Å². The summed E-state index contributed by atoms with van der Waals surface area (Å²) in [5.41, 5.74) is 11.8. The Balaban J connectivity index is 1.83. The molecular formula is C19H29N3O. The quantitative estimate of drug-likeness (QED) is 0.854. The van der Waals surface area contributed by atoms with Crippen molar-refractivity contribution in [2.45, 2.75) is 45.3 Å². The molecule has 1 unspecified atom stereocenters. The molecule has 4 nitrogen and oxygen atoms in total. The predicted octanol–water partition coefficient (Wildman–Crippen LogP) is 2.81. The molecule has 126 valence electrons. The molecule has 1 atom stereocenters. The lowest BCUT2D eigenvalue weighted by Crippen LogP contribution is -2.21. The summed E-state index contributed by atoms with van der Waals surface area (Å²) in [5, 5.41) is 1.41. The molecule has 1 aromatic heterocycles. The smallest absolute Gasteiger partial charge is 0.0589 e. The number of benzene rings is 1. The number of nitrogens with zero attached hydrogens (tertiary/aromatic N) is 2. The Bertz CT molecular complexity index is 677. The topological polar surface area (TPSA) is 43.4 Å². The largest absolute Gasteiger partial charge is 0.383 e. The maximum Gasteiger partial charge on any atom is 0.0589 e. The summed E-state index contributed by atoms with van der Waals surface area (Å²) in [5.74, 6) is 0. The zero-order valence-corrected chi connectivity index (χ0v) is 14.6. The highest BCUT2D eigenvalue weighted by molar-refractivity contribution is 5.85. The summed E-state index contributed by atoms with van der Waals surface area (Å²) in [6.45, 7) is 6.04. The van der Waals surface area contributed by atoms with Gasteiger partial charge >= 0.3 is 0 Å². The van der Waals surface area contributed by atoms with Crippen molar-refractivity contribution in [2.75, 3.05) is 20.3 Å². The van der Waals surface area contributed by atoms with Gasteiger partial charge in [0.15, 0.2) is 0 Å². The normalized spacial score (nSPS) is 16.2. The fraction of sp³-hybridized carbons (Fsp3) is 0.579. The van der Waals surface area contributed by atoms with E-state index in [9.17, 15) is 0 Å². The summed E-state index contributed by atoms with van der Waals surface area (Å²) < 4.78 is 7.47. The van der Waals surface area contributed by atoms with E-state index >= 15 is 0 Å². The maximum atomic E-state index is 6.10. The van der Waals surface area contributed by atoms with E-state index in [0.717, 1.165) is 45.5 Å². The minimum atomic E-state index is 0.309. The highest BCUT2D eigenvalue weighted by atomic mass is 16.5. The van der Waals surface area contributed by atoms with Gasteiger partial charge in [-0.3, -0.25) is 4.90 Å². The first-order valence-corrected chi connectivity index (χ1v) is 8.69. The molecule has 0 fully saturated rings. The molecule has 1 aliphatic rings. The van der Waals surface area contributed by atoms with Crippen molar-refractivity contribution in [2.24, 2.45) is 12.8 Å². The van der Waals surface area contributed by atoms with Crippen LogP contribution in [0, 0.1) is 0 Å². The number of ether oxygens (including phenoxy) is 1. The molecule has 2 heterocycles. The molecule has 0 amide bonds. The van der Waals surface area contributed by atoms with Gasteiger partial charge in [0.05, 0.1) is 6.61 Å². The second-order valence-corrected chi connectivity index (χ2v) is 6.81. The molecule has 0 aliphatic carbocycles. The van der Waals surface area contributed by atoms with Crippen molar-refractivity contribution in [3.8, 4) is 0 Å². The third-order valence-electron chi connectivity index (χ3n) is 5.10. The van der Waals surface area contributed by atoms with Crippen LogP contribution < -0.4 is 5.73 Å². The van der Waals surface area contributed by atoms with Crippen molar-refractivity contribution in [3.63, 3.8) is 0 Å². The molecule has 2 aromatic rings. The zero-order valence-electron chi connectivity index (χ0n) is 14.6. The van der Waals surface area contributed by atoms with Gasteiger partial charge in [0.2, 0.25) is 0 Å². The van der Waals surface area contributed by atoms with Gasteiger partial charge in [-0.25, -0.2) is 0 Å². The van der Waals surface area contributed by atoms with Gasteiger partial charge in [-0.15, -0.1) is 0 Å². The van der Waals surface area contributed by atoms with Crippen LogP contribution in [0.1, 0.15) is 36.5 Å². The summed E-state index contributed by atoms with van der Waals surface area (Å²) in [6, 6.07) is 5.09. The highest BCUT2D eigenvalue weighted by Crippen LogP contribution is 2.31. The van der Waals surface area contributed by atoms with Crippen molar-refractivity contribution in [1.29, 1.82) is 0 Å². The van der Waals surface area contributed by atoms with Crippen LogP contribution in [0.25, 0.3) is 10.9 Å². The summed E-state index contributed by atoms with van der Waals surface area (Å²) in [4.78, 5) is 2.46. The molecule has 1 aromatic carbocycles. The Morgan fingerprint density at radius 1 is 1.26 bits per heavy atom. The maximum absolute atomic E-state index is 6.10. The average Bonchev–Trinajstić information content (AvgIpc) is 3.09. The molecular weight excluding hydrogens is 286 g/mol. The van der Waals surface area contributed by atoms with Gasteiger partial charge in [-0.1, -0.05) is 6.92 Å². The van der Waals surface area contributed by atoms with E-state index in [2.05, 4.69) is 41.8 Å². The SMILES string of the molecule is CCC(N)CCc1cn(C)c2cc3c(cc12)CN(CCOC)C3. The van der Waals surface area contributed by atoms with E-state index in [-0.39, 0.29) is 0 Å². The van der Waals surface area contributed by atoms with Crippen molar-refractivity contribution < 1.29 is 4.74 Å². The average molecular weight is 315 g/mol. The van der Waals surface area contributed by atoms with Crippen LogP contribution in [0.2, 0.25) is 0 Å². The number of methoxy groups -OCH3 is 1.